The van der Waals surface area contributed by atoms with Crippen molar-refractivity contribution >= 4 is 34.4 Å². The second kappa shape index (κ2) is 4.28. The van der Waals surface area contributed by atoms with Crippen molar-refractivity contribution in [3.8, 4) is 5.40 Å². The number of hydrogen-bond acceptors (Lipinski definition) is 5. The molecule has 0 saturated heterocycles. The molecule has 2 aromatic rings. The lowest BCUT2D eigenvalue weighted by Gasteiger charge is -2.01. The van der Waals surface area contributed by atoms with E-state index in [1.54, 1.807) is 18.0 Å². The fraction of sp³-hybridized carbons (Fsp3) is 0. The number of aliphatic imine (C=N–C) groups is 1. The van der Waals surface area contributed by atoms with Crippen molar-refractivity contribution in [2.24, 2.45) is 4.99 Å². The minimum Gasteiger partial charge on any atom is -0.272 e. The quantitative estimate of drug-likeness (QED) is 0.681. The standard InChI is InChI=1S/C11H6N4S2/c12-7-16-11-14-8-3-1-2-4-9(8)17-10-13-5-6-15(10)11/h1-6H. The van der Waals surface area contributed by atoms with Crippen molar-refractivity contribution in [3.05, 3.63) is 36.7 Å². The van der Waals surface area contributed by atoms with Gasteiger partial charge in [-0.15, -0.1) is 0 Å². The maximum atomic E-state index is 8.81. The Labute approximate surface area is 106 Å². The zero-order valence-electron chi connectivity index (χ0n) is 8.57. The fourth-order valence-electron chi connectivity index (χ4n) is 1.51. The summed E-state index contributed by atoms with van der Waals surface area (Å²) in [4.78, 5) is 9.82. The molecule has 0 bridgehead atoms. The monoisotopic (exact) mass is 258 g/mol. The van der Waals surface area contributed by atoms with Crippen LogP contribution < -0.4 is 0 Å². The molecule has 6 heteroatoms. The van der Waals surface area contributed by atoms with E-state index in [1.807, 2.05) is 35.0 Å². The number of para-hydroxylation sites is 1. The SMILES string of the molecule is N#CSC1=Nc2ccccc2Sc2nccn21. The van der Waals surface area contributed by atoms with Gasteiger partial charge in [-0.3, -0.25) is 4.57 Å². The van der Waals surface area contributed by atoms with Crippen molar-refractivity contribution in [1.29, 1.82) is 5.26 Å². The van der Waals surface area contributed by atoms with E-state index in [0.29, 0.717) is 5.17 Å². The van der Waals surface area contributed by atoms with E-state index in [4.69, 9.17) is 5.26 Å². The van der Waals surface area contributed by atoms with Crippen LogP contribution in [0.4, 0.5) is 5.69 Å². The second-order valence-electron chi connectivity index (χ2n) is 3.24. The van der Waals surface area contributed by atoms with Gasteiger partial charge in [-0.2, -0.15) is 5.26 Å². The maximum absolute atomic E-state index is 8.81. The van der Waals surface area contributed by atoms with Crippen molar-refractivity contribution in [3.63, 3.8) is 0 Å². The molecule has 82 valence electrons. The predicted octanol–water partition coefficient (Wildman–Crippen LogP) is 3.10. The fourth-order valence-corrected chi connectivity index (χ4v) is 2.96. The molecule has 0 amide bonds. The van der Waals surface area contributed by atoms with Crippen molar-refractivity contribution in [1.82, 2.24) is 9.55 Å². The predicted molar refractivity (Wildman–Crippen MR) is 68.5 cm³/mol. The van der Waals surface area contributed by atoms with Gasteiger partial charge in [0.1, 0.15) is 5.40 Å². The minimum absolute atomic E-state index is 0.637. The molecule has 0 unspecified atom stereocenters. The summed E-state index contributed by atoms with van der Waals surface area (Å²) < 4.78 is 1.83. The summed E-state index contributed by atoms with van der Waals surface area (Å²) in [6.07, 6.45) is 3.53. The van der Waals surface area contributed by atoms with Gasteiger partial charge in [0.05, 0.1) is 5.69 Å². The van der Waals surface area contributed by atoms with Crippen LogP contribution in [0, 0.1) is 10.7 Å². The number of imidazole rings is 1. The van der Waals surface area contributed by atoms with Gasteiger partial charge < -0.3 is 0 Å². The molecule has 4 nitrogen and oxygen atoms in total. The molecular weight excluding hydrogens is 252 g/mol. The summed E-state index contributed by atoms with van der Waals surface area (Å²) in [6, 6.07) is 7.85. The topological polar surface area (TPSA) is 54.0 Å². The zero-order valence-corrected chi connectivity index (χ0v) is 10.2. The van der Waals surface area contributed by atoms with Crippen molar-refractivity contribution in [2.45, 2.75) is 10.1 Å². The summed E-state index contributed by atoms with van der Waals surface area (Å²) in [7, 11) is 0. The van der Waals surface area contributed by atoms with E-state index in [-0.39, 0.29) is 0 Å². The van der Waals surface area contributed by atoms with Gasteiger partial charge in [-0.25, -0.2) is 9.98 Å². The van der Waals surface area contributed by atoms with Gasteiger partial charge in [0.15, 0.2) is 10.3 Å². The molecule has 3 rings (SSSR count). The van der Waals surface area contributed by atoms with Crippen LogP contribution in [0.2, 0.25) is 0 Å². The van der Waals surface area contributed by atoms with E-state index in [9.17, 15) is 0 Å². The molecule has 0 saturated carbocycles. The maximum Gasteiger partial charge on any atom is 0.189 e. The Bertz CT molecular complexity index is 639. The van der Waals surface area contributed by atoms with Gasteiger partial charge in [-0.05, 0) is 23.9 Å². The summed E-state index contributed by atoms with van der Waals surface area (Å²) in [6.45, 7) is 0. The van der Waals surface area contributed by atoms with E-state index >= 15 is 0 Å². The van der Waals surface area contributed by atoms with Crippen LogP contribution in [0.1, 0.15) is 0 Å². The Morgan fingerprint density at radius 3 is 3.12 bits per heavy atom. The second-order valence-corrected chi connectivity index (χ2v) is 5.00. The molecule has 2 heterocycles. The van der Waals surface area contributed by atoms with E-state index in [0.717, 1.165) is 27.5 Å². The largest absolute Gasteiger partial charge is 0.272 e. The number of hydrogen-bond donors (Lipinski definition) is 0. The molecule has 1 aliphatic rings. The zero-order chi connectivity index (χ0) is 11.7. The van der Waals surface area contributed by atoms with E-state index < -0.39 is 0 Å². The first-order valence-corrected chi connectivity index (χ1v) is 6.47. The third-order valence-corrected chi connectivity index (χ3v) is 3.84. The highest BCUT2D eigenvalue weighted by molar-refractivity contribution is 8.17. The van der Waals surface area contributed by atoms with Crippen LogP contribution in [0.15, 0.2) is 51.7 Å². The van der Waals surface area contributed by atoms with Crippen LogP contribution in [-0.2, 0) is 0 Å². The Balaban J connectivity index is 2.21. The van der Waals surface area contributed by atoms with Crippen LogP contribution in [0.3, 0.4) is 0 Å². The molecule has 1 aromatic carbocycles. The molecule has 0 atom stereocenters. The number of fused-ring (bicyclic) bond motifs is 2. The van der Waals surface area contributed by atoms with Gasteiger partial charge in [0.25, 0.3) is 0 Å². The summed E-state index contributed by atoms with van der Waals surface area (Å²) in [5.74, 6) is 0. The molecule has 0 spiro atoms. The van der Waals surface area contributed by atoms with Crippen molar-refractivity contribution < 1.29 is 0 Å². The van der Waals surface area contributed by atoms with E-state index in [1.165, 1.54) is 0 Å². The Morgan fingerprint density at radius 1 is 1.35 bits per heavy atom. The molecule has 0 aliphatic carbocycles. The van der Waals surface area contributed by atoms with Crippen LogP contribution in [0.5, 0.6) is 0 Å². The first kappa shape index (κ1) is 10.4. The molecule has 17 heavy (non-hydrogen) atoms. The highest BCUT2D eigenvalue weighted by atomic mass is 32.2. The number of aromatic nitrogens is 2. The number of nitrogens with zero attached hydrogens (tertiary/aromatic N) is 4. The minimum atomic E-state index is 0.637. The van der Waals surface area contributed by atoms with Gasteiger partial charge in [0, 0.05) is 29.1 Å². The lowest BCUT2D eigenvalue weighted by Crippen LogP contribution is -2.05. The molecular formula is C11H6N4S2. The molecule has 0 fully saturated rings. The number of thiocyanates is 1. The summed E-state index contributed by atoms with van der Waals surface area (Å²) in [5, 5.41) is 12.3. The van der Waals surface area contributed by atoms with E-state index in [2.05, 4.69) is 15.4 Å². The number of benzene rings is 1. The smallest absolute Gasteiger partial charge is 0.189 e. The first-order chi connectivity index (χ1) is 8.38. The highest BCUT2D eigenvalue weighted by Gasteiger charge is 2.17. The van der Waals surface area contributed by atoms with Crippen LogP contribution in [0.25, 0.3) is 0 Å². The Hall–Kier alpha value is -1.71. The Kier molecular flexibility index (Phi) is 2.63. The molecule has 0 N–H and O–H groups in total. The number of thioether (sulfide) groups is 1. The van der Waals surface area contributed by atoms with Gasteiger partial charge >= 0.3 is 0 Å². The van der Waals surface area contributed by atoms with Gasteiger partial charge in [-0.1, -0.05) is 12.1 Å². The molecule has 1 aliphatic heterocycles. The first-order valence-electron chi connectivity index (χ1n) is 4.84. The molecule has 0 radical (unpaired) electrons. The van der Waals surface area contributed by atoms with Gasteiger partial charge in [0.2, 0.25) is 0 Å². The van der Waals surface area contributed by atoms with Crippen molar-refractivity contribution in [2.75, 3.05) is 0 Å². The average Bonchev–Trinajstić information content (AvgIpc) is 2.74. The lowest BCUT2D eigenvalue weighted by molar-refractivity contribution is 0.960. The van der Waals surface area contributed by atoms with Crippen LogP contribution in [-0.4, -0.2) is 14.7 Å². The average molecular weight is 258 g/mol. The summed E-state index contributed by atoms with van der Waals surface area (Å²) >= 11 is 2.60. The number of rotatable bonds is 0. The number of nitriles is 1. The Morgan fingerprint density at radius 2 is 2.24 bits per heavy atom. The lowest BCUT2D eigenvalue weighted by atomic mass is 10.3. The normalized spacial score (nSPS) is 13.0. The highest BCUT2D eigenvalue weighted by Crippen LogP contribution is 2.37. The third kappa shape index (κ3) is 1.84. The molecule has 1 aromatic heterocycles. The third-order valence-electron chi connectivity index (χ3n) is 2.23. The van der Waals surface area contributed by atoms with Crippen LogP contribution >= 0.6 is 23.5 Å². The summed E-state index contributed by atoms with van der Waals surface area (Å²) in [5.41, 5.74) is 0.876.